The Balaban J connectivity index is 1.95. The van der Waals surface area contributed by atoms with E-state index in [0.717, 1.165) is 32.4 Å². The smallest absolute Gasteiger partial charge is 0.353 e. The van der Waals surface area contributed by atoms with E-state index in [0.29, 0.717) is 12.8 Å². The number of rotatable bonds is 2. The molecule has 110 valence electrons. The second kappa shape index (κ2) is 6.11. The summed E-state index contributed by atoms with van der Waals surface area (Å²) in [6.07, 6.45) is -0.909. The maximum absolute atomic E-state index is 12.9. The second-order valence-electron chi connectivity index (χ2n) is 5.57. The highest BCUT2D eigenvalue weighted by Crippen LogP contribution is 2.41. The van der Waals surface area contributed by atoms with Crippen molar-refractivity contribution in [2.24, 2.45) is 11.8 Å². The molecule has 0 radical (unpaired) electrons. The molecule has 0 aromatic heterocycles. The Morgan fingerprint density at radius 2 is 1.68 bits per heavy atom. The Kier molecular flexibility index (Phi) is 4.71. The van der Waals surface area contributed by atoms with E-state index in [9.17, 15) is 18.0 Å². The number of amides is 1. The molecule has 1 saturated heterocycles. The maximum Gasteiger partial charge on any atom is 0.392 e. The third-order valence-corrected chi connectivity index (χ3v) is 4.21. The lowest BCUT2D eigenvalue weighted by Gasteiger charge is -2.33. The molecule has 0 spiro atoms. The van der Waals surface area contributed by atoms with Crippen molar-refractivity contribution >= 4 is 5.91 Å². The number of hydrogen-bond acceptors (Lipinski definition) is 2. The molecule has 2 N–H and O–H groups in total. The van der Waals surface area contributed by atoms with Crippen molar-refractivity contribution in [3.63, 3.8) is 0 Å². The first-order valence-electron chi connectivity index (χ1n) is 7.06. The van der Waals surface area contributed by atoms with Crippen molar-refractivity contribution in [3.8, 4) is 0 Å². The van der Waals surface area contributed by atoms with Gasteiger partial charge in [0.1, 0.15) is 0 Å². The van der Waals surface area contributed by atoms with Crippen LogP contribution in [0.4, 0.5) is 13.2 Å². The summed E-state index contributed by atoms with van der Waals surface area (Å²) < 4.78 is 38.8. The first-order chi connectivity index (χ1) is 8.98. The molecule has 0 bridgehead atoms. The minimum Gasteiger partial charge on any atom is -0.353 e. The fourth-order valence-electron chi connectivity index (χ4n) is 3.11. The van der Waals surface area contributed by atoms with Crippen LogP contribution in [0.15, 0.2) is 0 Å². The van der Waals surface area contributed by atoms with Crippen LogP contribution >= 0.6 is 0 Å². The van der Waals surface area contributed by atoms with E-state index in [1.807, 2.05) is 0 Å². The molecule has 1 saturated carbocycles. The molecule has 0 aromatic rings. The Morgan fingerprint density at radius 1 is 1.05 bits per heavy atom. The van der Waals surface area contributed by atoms with Gasteiger partial charge >= 0.3 is 6.18 Å². The Morgan fingerprint density at radius 3 is 2.32 bits per heavy atom. The molecule has 1 aliphatic carbocycles. The first-order valence-corrected chi connectivity index (χ1v) is 7.06. The van der Waals surface area contributed by atoms with Gasteiger partial charge in [0.25, 0.3) is 0 Å². The molecule has 1 heterocycles. The van der Waals surface area contributed by atoms with Gasteiger partial charge in [-0.15, -0.1) is 0 Å². The highest BCUT2D eigenvalue weighted by Gasteiger charge is 2.48. The van der Waals surface area contributed by atoms with Crippen molar-refractivity contribution < 1.29 is 18.0 Å². The Hall–Kier alpha value is -0.780. The van der Waals surface area contributed by atoms with Crippen molar-refractivity contribution in [2.45, 2.75) is 50.7 Å². The van der Waals surface area contributed by atoms with Crippen LogP contribution in [0, 0.1) is 11.8 Å². The van der Waals surface area contributed by atoms with Crippen LogP contribution in [0.3, 0.4) is 0 Å². The maximum atomic E-state index is 12.9. The van der Waals surface area contributed by atoms with Crippen LogP contribution in [0.25, 0.3) is 0 Å². The molecule has 19 heavy (non-hydrogen) atoms. The Labute approximate surface area is 111 Å². The van der Waals surface area contributed by atoms with Crippen LogP contribution in [0.2, 0.25) is 0 Å². The molecule has 2 atom stereocenters. The van der Waals surface area contributed by atoms with Gasteiger partial charge in [-0.2, -0.15) is 13.2 Å². The fourth-order valence-corrected chi connectivity index (χ4v) is 3.11. The van der Waals surface area contributed by atoms with Crippen molar-refractivity contribution in [1.82, 2.24) is 10.6 Å². The Bertz CT molecular complexity index is 314. The number of carbonyl (C=O) groups excluding carboxylic acids is 1. The van der Waals surface area contributed by atoms with Crippen LogP contribution in [0.1, 0.15) is 38.5 Å². The first kappa shape index (κ1) is 14.6. The van der Waals surface area contributed by atoms with Gasteiger partial charge in [0.2, 0.25) is 5.91 Å². The zero-order valence-electron chi connectivity index (χ0n) is 10.9. The van der Waals surface area contributed by atoms with Gasteiger partial charge in [-0.05, 0) is 38.8 Å². The average molecular weight is 278 g/mol. The normalized spacial score (nSPS) is 30.1. The molecule has 1 aliphatic heterocycles. The minimum atomic E-state index is -4.25. The van der Waals surface area contributed by atoms with Crippen molar-refractivity contribution in [2.75, 3.05) is 13.1 Å². The lowest BCUT2D eigenvalue weighted by molar-refractivity contribution is -0.198. The number of halogens is 3. The zero-order chi connectivity index (χ0) is 13.9. The van der Waals surface area contributed by atoms with E-state index in [1.54, 1.807) is 0 Å². The van der Waals surface area contributed by atoms with Crippen LogP contribution in [-0.4, -0.2) is 31.2 Å². The van der Waals surface area contributed by atoms with Crippen LogP contribution in [-0.2, 0) is 4.79 Å². The van der Waals surface area contributed by atoms with Crippen molar-refractivity contribution in [3.05, 3.63) is 0 Å². The summed E-state index contributed by atoms with van der Waals surface area (Å²) in [6, 6.07) is 0.0320. The van der Waals surface area contributed by atoms with Crippen LogP contribution < -0.4 is 10.6 Å². The number of piperidine rings is 1. The minimum absolute atomic E-state index is 0.0320. The molecule has 2 unspecified atom stereocenters. The number of carbonyl (C=O) groups is 1. The summed E-state index contributed by atoms with van der Waals surface area (Å²) in [4.78, 5) is 12.1. The molecule has 6 heteroatoms. The summed E-state index contributed by atoms with van der Waals surface area (Å²) in [5, 5.41) is 5.98. The quantitative estimate of drug-likeness (QED) is 0.813. The van der Waals surface area contributed by atoms with E-state index in [-0.39, 0.29) is 12.5 Å². The summed E-state index contributed by atoms with van der Waals surface area (Å²) >= 11 is 0. The molecule has 2 fully saturated rings. The largest absolute Gasteiger partial charge is 0.392 e. The number of hydrogen-bond donors (Lipinski definition) is 2. The number of nitrogens with one attached hydrogen (secondary N) is 2. The van der Waals surface area contributed by atoms with Gasteiger partial charge in [0.15, 0.2) is 0 Å². The lowest BCUT2D eigenvalue weighted by atomic mass is 9.78. The van der Waals surface area contributed by atoms with Gasteiger partial charge in [0.05, 0.1) is 5.92 Å². The monoisotopic (exact) mass is 278 g/mol. The molecule has 0 aromatic carbocycles. The SMILES string of the molecule is O=C(NC1CCNCC1)C1CCCCC1C(F)(F)F. The predicted molar refractivity (Wildman–Crippen MR) is 65.5 cm³/mol. The predicted octanol–water partition coefficient (Wildman–Crippen LogP) is 2.22. The number of alkyl halides is 3. The molecular formula is C13H21F3N2O. The molecular weight excluding hydrogens is 257 g/mol. The van der Waals surface area contributed by atoms with Gasteiger partial charge < -0.3 is 10.6 Å². The van der Waals surface area contributed by atoms with Gasteiger partial charge in [-0.25, -0.2) is 0 Å². The van der Waals surface area contributed by atoms with E-state index < -0.39 is 23.9 Å². The second-order valence-corrected chi connectivity index (χ2v) is 5.57. The summed E-state index contributed by atoms with van der Waals surface area (Å²) in [5.74, 6) is -2.74. The zero-order valence-corrected chi connectivity index (χ0v) is 10.9. The average Bonchev–Trinajstić information content (AvgIpc) is 2.39. The molecule has 2 aliphatic rings. The third-order valence-electron chi connectivity index (χ3n) is 4.21. The molecule has 2 rings (SSSR count). The van der Waals surface area contributed by atoms with Crippen molar-refractivity contribution in [1.29, 1.82) is 0 Å². The van der Waals surface area contributed by atoms with Gasteiger partial charge in [-0.3, -0.25) is 4.79 Å². The van der Waals surface area contributed by atoms with E-state index in [4.69, 9.17) is 0 Å². The highest BCUT2D eigenvalue weighted by molar-refractivity contribution is 5.79. The lowest BCUT2D eigenvalue weighted by Crippen LogP contribution is -2.48. The fraction of sp³-hybridized carbons (Fsp3) is 0.923. The summed E-state index contributed by atoms with van der Waals surface area (Å²) in [5.41, 5.74) is 0. The van der Waals surface area contributed by atoms with Gasteiger partial charge in [0, 0.05) is 12.0 Å². The molecule has 3 nitrogen and oxygen atoms in total. The standard InChI is InChI=1S/C13H21F3N2O/c14-13(15,16)11-4-2-1-3-10(11)12(19)18-9-5-7-17-8-6-9/h9-11,17H,1-8H2,(H,18,19). The highest BCUT2D eigenvalue weighted by atomic mass is 19.4. The topological polar surface area (TPSA) is 41.1 Å². The summed E-state index contributed by atoms with van der Waals surface area (Å²) in [7, 11) is 0. The van der Waals surface area contributed by atoms with E-state index >= 15 is 0 Å². The summed E-state index contributed by atoms with van der Waals surface area (Å²) in [6.45, 7) is 1.64. The van der Waals surface area contributed by atoms with Gasteiger partial charge in [-0.1, -0.05) is 12.8 Å². The van der Waals surface area contributed by atoms with E-state index in [1.165, 1.54) is 0 Å². The third kappa shape index (κ3) is 3.84. The van der Waals surface area contributed by atoms with Crippen LogP contribution in [0.5, 0.6) is 0 Å². The van der Waals surface area contributed by atoms with E-state index in [2.05, 4.69) is 10.6 Å². The molecule has 1 amide bonds.